The summed E-state index contributed by atoms with van der Waals surface area (Å²) < 4.78 is 11.3. The molecule has 0 bridgehead atoms. The Morgan fingerprint density at radius 2 is 2.11 bits per heavy atom. The van der Waals surface area contributed by atoms with Gasteiger partial charge in [-0.05, 0) is 42.5 Å². The Bertz CT molecular complexity index is 996. The predicted molar refractivity (Wildman–Crippen MR) is 119 cm³/mol. The first-order chi connectivity index (χ1) is 13.4. The zero-order valence-corrected chi connectivity index (χ0v) is 18.5. The van der Waals surface area contributed by atoms with Crippen LogP contribution < -0.4 is 9.64 Å². The van der Waals surface area contributed by atoms with Crippen LogP contribution >= 0.6 is 51.5 Å². The van der Waals surface area contributed by atoms with E-state index in [0.717, 1.165) is 4.47 Å². The van der Waals surface area contributed by atoms with E-state index in [4.69, 9.17) is 28.6 Å². The fourth-order valence-electron chi connectivity index (χ4n) is 2.41. The van der Waals surface area contributed by atoms with Crippen LogP contribution in [0.1, 0.15) is 5.56 Å². The Hall–Kier alpha value is -1.87. The van der Waals surface area contributed by atoms with Gasteiger partial charge in [0, 0.05) is 15.1 Å². The average Bonchev–Trinajstić information content (AvgIpc) is 2.94. The fourth-order valence-corrected chi connectivity index (χ4v) is 4.26. The van der Waals surface area contributed by atoms with E-state index in [1.807, 2.05) is 0 Å². The molecule has 0 aliphatic carbocycles. The average molecular weight is 499 g/mol. The summed E-state index contributed by atoms with van der Waals surface area (Å²) in [5.74, 6) is -0.307. The van der Waals surface area contributed by atoms with Crippen LogP contribution in [0.2, 0.25) is 5.02 Å². The number of esters is 1. The summed E-state index contributed by atoms with van der Waals surface area (Å²) in [6, 6.07) is 12.2. The Morgan fingerprint density at radius 3 is 2.82 bits per heavy atom. The van der Waals surface area contributed by atoms with Gasteiger partial charge in [0.15, 0.2) is 10.9 Å². The molecule has 5 nitrogen and oxygen atoms in total. The van der Waals surface area contributed by atoms with Gasteiger partial charge in [-0.25, -0.2) is 4.79 Å². The minimum Gasteiger partial charge on any atom is -0.481 e. The molecule has 0 saturated carbocycles. The standard InChI is InChI=1S/C19H13BrClNO4S2/c1-25-17(23)10-26-15-6-5-12(20)7-11(15)8-16-18(24)22(19(27)28-16)14-4-2-3-13(21)9-14/h2-9H,10H2,1H3/b16-8-. The lowest BCUT2D eigenvalue weighted by Gasteiger charge is -2.14. The van der Waals surface area contributed by atoms with Crippen LogP contribution in [0, 0.1) is 0 Å². The third-order valence-electron chi connectivity index (χ3n) is 3.69. The summed E-state index contributed by atoms with van der Waals surface area (Å²) in [6.45, 7) is -0.234. The van der Waals surface area contributed by atoms with E-state index >= 15 is 0 Å². The number of halogens is 2. The van der Waals surface area contributed by atoms with Crippen molar-refractivity contribution in [1.29, 1.82) is 0 Å². The summed E-state index contributed by atoms with van der Waals surface area (Å²) in [6.07, 6.45) is 1.68. The van der Waals surface area contributed by atoms with Crippen molar-refractivity contribution in [3.8, 4) is 5.75 Å². The molecule has 0 N–H and O–H groups in total. The third kappa shape index (κ3) is 4.75. The lowest BCUT2D eigenvalue weighted by atomic mass is 10.2. The van der Waals surface area contributed by atoms with E-state index in [1.165, 1.54) is 23.8 Å². The molecule has 144 valence electrons. The Labute approximate surface area is 184 Å². The fraction of sp³-hybridized carbons (Fsp3) is 0.105. The minimum atomic E-state index is -0.499. The molecule has 1 fully saturated rings. The first-order valence-electron chi connectivity index (χ1n) is 7.91. The summed E-state index contributed by atoms with van der Waals surface area (Å²) >= 11 is 16.0. The molecule has 1 amide bonds. The number of benzene rings is 2. The lowest BCUT2D eigenvalue weighted by Crippen LogP contribution is -2.27. The SMILES string of the molecule is COC(=O)COc1ccc(Br)cc1/C=C1\SC(=S)N(c2cccc(Cl)c2)C1=O. The molecular formula is C19H13BrClNO4S2. The second-order valence-corrected chi connectivity index (χ2v) is 8.57. The molecule has 0 atom stereocenters. The van der Waals surface area contributed by atoms with Crippen molar-refractivity contribution in [2.75, 3.05) is 18.6 Å². The van der Waals surface area contributed by atoms with Gasteiger partial charge in [-0.15, -0.1) is 0 Å². The second kappa shape index (κ2) is 9.09. The molecule has 0 spiro atoms. The van der Waals surface area contributed by atoms with E-state index in [2.05, 4.69) is 20.7 Å². The number of anilines is 1. The quantitative estimate of drug-likeness (QED) is 0.326. The lowest BCUT2D eigenvalue weighted by molar-refractivity contribution is -0.142. The molecule has 1 aliphatic heterocycles. The molecule has 28 heavy (non-hydrogen) atoms. The van der Waals surface area contributed by atoms with Gasteiger partial charge >= 0.3 is 5.97 Å². The van der Waals surface area contributed by atoms with E-state index in [0.29, 0.717) is 31.2 Å². The number of thiocarbonyl (C=S) groups is 1. The van der Waals surface area contributed by atoms with Crippen LogP contribution in [0.3, 0.4) is 0 Å². The van der Waals surface area contributed by atoms with Crippen LogP contribution in [0.4, 0.5) is 5.69 Å². The first kappa shape index (κ1) is 20.9. The van der Waals surface area contributed by atoms with Gasteiger partial charge in [-0.2, -0.15) is 0 Å². The highest BCUT2D eigenvalue weighted by molar-refractivity contribution is 9.10. The van der Waals surface area contributed by atoms with E-state index < -0.39 is 5.97 Å². The highest BCUT2D eigenvalue weighted by Crippen LogP contribution is 2.38. The highest BCUT2D eigenvalue weighted by atomic mass is 79.9. The van der Waals surface area contributed by atoms with Crippen LogP contribution in [0.5, 0.6) is 5.75 Å². The van der Waals surface area contributed by atoms with E-state index in [9.17, 15) is 9.59 Å². The number of hydrogen-bond donors (Lipinski definition) is 0. The van der Waals surface area contributed by atoms with Crippen molar-refractivity contribution in [2.24, 2.45) is 0 Å². The van der Waals surface area contributed by atoms with Crippen molar-refractivity contribution in [3.05, 3.63) is 62.4 Å². The van der Waals surface area contributed by atoms with Crippen LogP contribution in [-0.2, 0) is 14.3 Å². The number of rotatable bonds is 5. The molecule has 1 saturated heterocycles. The number of thioether (sulfide) groups is 1. The van der Waals surface area contributed by atoms with E-state index in [-0.39, 0.29) is 12.5 Å². The van der Waals surface area contributed by atoms with Crippen LogP contribution in [0.15, 0.2) is 51.8 Å². The number of carbonyl (C=O) groups excluding carboxylic acids is 2. The van der Waals surface area contributed by atoms with Gasteiger partial charge < -0.3 is 9.47 Å². The number of ether oxygens (including phenoxy) is 2. The largest absolute Gasteiger partial charge is 0.481 e. The number of nitrogens with zero attached hydrogens (tertiary/aromatic N) is 1. The van der Waals surface area contributed by atoms with Crippen molar-refractivity contribution in [3.63, 3.8) is 0 Å². The van der Waals surface area contributed by atoms with Gasteiger partial charge in [-0.1, -0.05) is 57.6 Å². The summed E-state index contributed by atoms with van der Waals surface area (Å²) in [5.41, 5.74) is 1.24. The maximum atomic E-state index is 12.9. The van der Waals surface area contributed by atoms with Crippen molar-refractivity contribution < 1.29 is 19.1 Å². The van der Waals surface area contributed by atoms with Crippen LogP contribution in [0.25, 0.3) is 6.08 Å². The third-order valence-corrected chi connectivity index (χ3v) is 5.72. The molecule has 1 aliphatic rings. The van der Waals surface area contributed by atoms with Gasteiger partial charge in [0.25, 0.3) is 5.91 Å². The maximum Gasteiger partial charge on any atom is 0.343 e. The zero-order chi connectivity index (χ0) is 20.3. The highest BCUT2D eigenvalue weighted by Gasteiger charge is 2.33. The molecule has 2 aromatic rings. The predicted octanol–water partition coefficient (Wildman–Crippen LogP) is 5.06. The molecular weight excluding hydrogens is 486 g/mol. The maximum absolute atomic E-state index is 12.9. The Balaban J connectivity index is 1.91. The Kier molecular flexibility index (Phi) is 6.77. The van der Waals surface area contributed by atoms with Crippen LogP contribution in [-0.4, -0.2) is 29.9 Å². The smallest absolute Gasteiger partial charge is 0.343 e. The molecule has 0 radical (unpaired) electrons. The molecule has 0 aromatic heterocycles. The number of hydrogen-bond acceptors (Lipinski definition) is 6. The van der Waals surface area contributed by atoms with Gasteiger partial charge in [0.1, 0.15) is 5.75 Å². The first-order valence-corrected chi connectivity index (χ1v) is 10.3. The number of carbonyl (C=O) groups is 2. The summed E-state index contributed by atoms with van der Waals surface area (Å²) in [5, 5.41) is 0.515. The minimum absolute atomic E-state index is 0.234. The monoisotopic (exact) mass is 497 g/mol. The molecule has 0 unspecified atom stereocenters. The van der Waals surface area contributed by atoms with Gasteiger partial charge in [0.05, 0.1) is 17.7 Å². The van der Waals surface area contributed by atoms with Crippen molar-refractivity contribution in [2.45, 2.75) is 0 Å². The summed E-state index contributed by atoms with van der Waals surface area (Å²) in [7, 11) is 1.29. The molecule has 9 heteroatoms. The zero-order valence-electron chi connectivity index (χ0n) is 14.5. The van der Waals surface area contributed by atoms with Gasteiger partial charge in [0.2, 0.25) is 0 Å². The molecule has 1 heterocycles. The van der Waals surface area contributed by atoms with Gasteiger partial charge in [-0.3, -0.25) is 9.69 Å². The van der Waals surface area contributed by atoms with E-state index in [1.54, 1.807) is 48.5 Å². The molecule has 3 rings (SSSR count). The number of amides is 1. The van der Waals surface area contributed by atoms with Crippen molar-refractivity contribution >= 4 is 79.5 Å². The topological polar surface area (TPSA) is 55.8 Å². The normalized spacial score (nSPS) is 15.2. The Morgan fingerprint density at radius 1 is 1.32 bits per heavy atom. The summed E-state index contributed by atoms with van der Waals surface area (Å²) in [4.78, 5) is 26.2. The number of methoxy groups -OCH3 is 1. The van der Waals surface area contributed by atoms with Crippen molar-refractivity contribution in [1.82, 2.24) is 0 Å². The molecule has 2 aromatic carbocycles. The second-order valence-electron chi connectivity index (χ2n) is 5.54.